The second kappa shape index (κ2) is 6.83. The van der Waals surface area contributed by atoms with E-state index in [1.807, 2.05) is 0 Å². The summed E-state index contributed by atoms with van der Waals surface area (Å²) in [4.78, 5) is 2.44. The van der Waals surface area contributed by atoms with Crippen molar-refractivity contribution in [1.29, 1.82) is 0 Å². The Labute approximate surface area is 86.8 Å². The van der Waals surface area contributed by atoms with Crippen molar-refractivity contribution in [2.75, 3.05) is 39.9 Å². The molecule has 1 aliphatic heterocycles. The molecule has 14 heavy (non-hydrogen) atoms. The average Bonchev–Trinajstić information content (AvgIpc) is 2.25. The molecule has 0 bridgehead atoms. The predicted octanol–water partition coefficient (Wildman–Crippen LogP) is 0.320. The van der Waals surface area contributed by atoms with Gasteiger partial charge in [-0.05, 0) is 25.9 Å². The molecule has 3 nitrogen and oxygen atoms in total. The molecule has 80 valence electrons. The fourth-order valence-corrected chi connectivity index (χ4v) is 1.78. The van der Waals surface area contributed by atoms with Gasteiger partial charge in [0.05, 0.1) is 13.2 Å². The Hall–Kier alpha value is -0.560. The van der Waals surface area contributed by atoms with Gasteiger partial charge in [0.1, 0.15) is 0 Å². The molecule has 0 spiro atoms. The number of ether oxygens (including phenoxy) is 1. The number of hydrogen-bond donors (Lipinski definition) is 1. The summed E-state index contributed by atoms with van der Waals surface area (Å²) in [7, 11) is 1.75. The minimum atomic E-state index is 0.616. The SMILES string of the molecule is C#CCNC1CCN(CCOC)CC1. The molecule has 0 saturated carbocycles. The maximum Gasteiger partial charge on any atom is 0.0589 e. The molecule has 3 heteroatoms. The second-order valence-corrected chi connectivity index (χ2v) is 3.69. The van der Waals surface area contributed by atoms with Crippen molar-refractivity contribution in [2.45, 2.75) is 18.9 Å². The van der Waals surface area contributed by atoms with Crippen molar-refractivity contribution in [3.05, 3.63) is 0 Å². The smallest absolute Gasteiger partial charge is 0.0589 e. The Morgan fingerprint density at radius 1 is 1.50 bits per heavy atom. The number of rotatable bonds is 5. The summed E-state index contributed by atoms with van der Waals surface area (Å²) in [5, 5.41) is 3.35. The van der Waals surface area contributed by atoms with Gasteiger partial charge in [0.25, 0.3) is 0 Å². The van der Waals surface area contributed by atoms with E-state index in [0.717, 1.165) is 26.2 Å². The lowest BCUT2D eigenvalue weighted by Gasteiger charge is -2.31. The lowest BCUT2D eigenvalue weighted by Crippen LogP contribution is -2.43. The fraction of sp³-hybridized carbons (Fsp3) is 0.818. The van der Waals surface area contributed by atoms with E-state index in [0.29, 0.717) is 12.6 Å². The number of likely N-dealkylation sites (tertiary alicyclic amines) is 1. The summed E-state index contributed by atoms with van der Waals surface area (Å²) in [6.07, 6.45) is 7.60. The van der Waals surface area contributed by atoms with Crippen molar-refractivity contribution < 1.29 is 4.74 Å². The zero-order chi connectivity index (χ0) is 10.2. The Morgan fingerprint density at radius 2 is 2.21 bits per heavy atom. The molecule has 0 unspecified atom stereocenters. The number of terminal acetylenes is 1. The van der Waals surface area contributed by atoms with E-state index in [1.165, 1.54) is 12.8 Å². The van der Waals surface area contributed by atoms with Crippen LogP contribution in [0.1, 0.15) is 12.8 Å². The molecule has 0 aromatic rings. The van der Waals surface area contributed by atoms with Gasteiger partial charge < -0.3 is 15.0 Å². The molecule has 1 saturated heterocycles. The van der Waals surface area contributed by atoms with Gasteiger partial charge in [0, 0.05) is 19.7 Å². The topological polar surface area (TPSA) is 24.5 Å². The molecular weight excluding hydrogens is 176 g/mol. The van der Waals surface area contributed by atoms with Gasteiger partial charge in [-0.1, -0.05) is 5.92 Å². The van der Waals surface area contributed by atoms with Crippen molar-refractivity contribution in [3.8, 4) is 12.3 Å². The maximum atomic E-state index is 5.20. The van der Waals surface area contributed by atoms with Gasteiger partial charge in [0.2, 0.25) is 0 Å². The third-order valence-corrected chi connectivity index (χ3v) is 2.69. The van der Waals surface area contributed by atoms with Crippen LogP contribution in [0.5, 0.6) is 0 Å². The lowest BCUT2D eigenvalue weighted by atomic mass is 10.1. The number of nitrogens with zero attached hydrogens (tertiary/aromatic N) is 1. The van der Waals surface area contributed by atoms with E-state index >= 15 is 0 Å². The number of nitrogens with one attached hydrogen (secondary N) is 1. The van der Waals surface area contributed by atoms with Gasteiger partial charge in [-0.2, -0.15) is 0 Å². The minimum absolute atomic E-state index is 0.616. The minimum Gasteiger partial charge on any atom is -0.383 e. The fourth-order valence-electron chi connectivity index (χ4n) is 1.78. The average molecular weight is 196 g/mol. The summed E-state index contributed by atoms with van der Waals surface area (Å²) in [5.74, 6) is 2.62. The molecule has 0 radical (unpaired) electrons. The molecule has 0 aromatic carbocycles. The van der Waals surface area contributed by atoms with Crippen LogP contribution < -0.4 is 5.32 Å². The quantitative estimate of drug-likeness (QED) is 0.641. The van der Waals surface area contributed by atoms with Crippen LogP contribution in [0.25, 0.3) is 0 Å². The molecular formula is C11H20N2O. The summed E-state index contributed by atoms with van der Waals surface area (Å²) < 4.78 is 5.05. The van der Waals surface area contributed by atoms with E-state index in [9.17, 15) is 0 Å². The van der Waals surface area contributed by atoms with E-state index in [2.05, 4.69) is 16.1 Å². The van der Waals surface area contributed by atoms with Crippen LogP contribution in [-0.4, -0.2) is 50.8 Å². The van der Waals surface area contributed by atoms with Crippen molar-refractivity contribution >= 4 is 0 Å². The van der Waals surface area contributed by atoms with Gasteiger partial charge >= 0.3 is 0 Å². The summed E-state index contributed by atoms with van der Waals surface area (Å²) in [6.45, 7) is 4.90. The Kier molecular flexibility index (Phi) is 5.62. The van der Waals surface area contributed by atoms with Crippen LogP contribution in [-0.2, 0) is 4.74 Å². The third kappa shape index (κ3) is 4.10. The zero-order valence-electron chi connectivity index (χ0n) is 8.96. The first kappa shape index (κ1) is 11.5. The lowest BCUT2D eigenvalue weighted by molar-refractivity contribution is 0.127. The van der Waals surface area contributed by atoms with E-state index in [-0.39, 0.29) is 0 Å². The predicted molar refractivity (Wildman–Crippen MR) is 58.2 cm³/mol. The molecule has 0 aromatic heterocycles. The number of hydrogen-bond acceptors (Lipinski definition) is 3. The third-order valence-electron chi connectivity index (χ3n) is 2.69. The van der Waals surface area contributed by atoms with Gasteiger partial charge in [-0.3, -0.25) is 0 Å². The maximum absolute atomic E-state index is 5.20. The van der Waals surface area contributed by atoms with Gasteiger partial charge in [0.15, 0.2) is 0 Å². The van der Waals surface area contributed by atoms with Crippen LogP contribution in [0, 0.1) is 12.3 Å². The zero-order valence-corrected chi connectivity index (χ0v) is 8.96. The first-order valence-electron chi connectivity index (χ1n) is 5.25. The first-order chi connectivity index (χ1) is 6.86. The van der Waals surface area contributed by atoms with E-state index < -0.39 is 0 Å². The Balaban J connectivity index is 2.09. The first-order valence-corrected chi connectivity index (χ1v) is 5.25. The molecule has 0 atom stereocenters. The molecule has 1 heterocycles. The van der Waals surface area contributed by atoms with Gasteiger partial charge in [-0.25, -0.2) is 0 Å². The Bertz CT molecular complexity index is 180. The van der Waals surface area contributed by atoms with Crippen molar-refractivity contribution in [3.63, 3.8) is 0 Å². The molecule has 1 rings (SSSR count). The van der Waals surface area contributed by atoms with Crippen molar-refractivity contribution in [1.82, 2.24) is 10.2 Å². The molecule has 0 amide bonds. The highest BCUT2D eigenvalue weighted by Crippen LogP contribution is 2.09. The summed E-state index contributed by atoms with van der Waals surface area (Å²) >= 11 is 0. The van der Waals surface area contributed by atoms with Crippen LogP contribution in [0.4, 0.5) is 0 Å². The van der Waals surface area contributed by atoms with Crippen LogP contribution in [0.15, 0.2) is 0 Å². The van der Waals surface area contributed by atoms with Crippen molar-refractivity contribution in [2.24, 2.45) is 0 Å². The Morgan fingerprint density at radius 3 is 2.79 bits per heavy atom. The molecule has 0 aliphatic carbocycles. The standard InChI is InChI=1S/C11H20N2O/c1-3-6-12-11-4-7-13(8-5-11)9-10-14-2/h1,11-12H,4-10H2,2H3. The largest absolute Gasteiger partial charge is 0.383 e. The monoisotopic (exact) mass is 196 g/mol. The van der Waals surface area contributed by atoms with Crippen LogP contribution >= 0.6 is 0 Å². The van der Waals surface area contributed by atoms with Crippen LogP contribution in [0.2, 0.25) is 0 Å². The van der Waals surface area contributed by atoms with E-state index in [1.54, 1.807) is 7.11 Å². The highest BCUT2D eigenvalue weighted by atomic mass is 16.5. The van der Waals surface area contributed by atoms with E-state index in [4.69, 9.17) is 11.2 Å². The second-order valence-electron chi connectivity index (χ2n) is 3.69. The summed E-state index contributed by atoms with van der Waals surface area (Å²) in [5.41, 5.74) is 0. The van der Waals surface area contributed by atoms with Gasteiger partial charge in [-0.15, -0.1) is 6.42 Å². The molecule has 1 N–H and O–H groups in total. The molecule has 1 aliphatic rings. The molecule has 1 fully saturated rings. The normalized spacial score (nSPS) is 19.4. The highest BCUT2D eigenvalue weighted by Gasteiger charge is 2.17. The summed E-state index contributed by atoms with van der Waals surface area (Å²) in [6, 6.07) is 0.616. The van der Waals surface area contributed by atoms with Crippen LogP contribution in [0.3, 0.4) is 0 Å². The highest BCUT2D eigenvalue weighted by molar-refractivity contribution is 4.89. The number of piperidine rings is 1. The number of methoxy groups -OCH3 is 1.